The Kier molecular flexibility index (Phi) is 5.66. The Morgan fingerprint density at radius 1 is 1.10 bits per heavy atom. The van der Waals surface area contributed by atoms with Crippen LogP contribution in [-0.2, 0) is 16.0 Å². The molecule has 1 atom stereocenters. The third kappa shape index (κ3) is 4.55. The number of H-pyrrole nitrogens is 1. The van der Waals surface area contributed by atoms with E-state index in [1.807, 2.05) is 0 Å². The Labute approximate surface area is 176 Å². The van der Waals surface area contributed by atoms with E-state index in [0.29, 0.717) is 17.5 Å². The van der Waals surface area contributed by atoms with Crippen LogP contribution < -0.4 is 10.6 Å². The van der Waals surface area contributed by atoms with Crippen molar-refractivity contribution in [3.05, 3.63) is 65.9 Å². The van der Waals surface area contributed by atoms with Crippen LogP contribution in [0.2, 0.25) is 0 Å². The van der Waals surface area contributed by atoms with Gasteiger partial charge in [0.25, 0.3) is 5.91 Å². The summed E-state index contributed by atoms with van der Waals surface area (Å²) in [5, 5.41) is 5.85. The molecule has 1 aromatic heterocycles. The van der Waals surface area contributed by atoms with E-state index in [2.05, 4.69) is 15.6 Å². The molecule has 4 amide bonds. The van der Waals surface area contributed by atoms with E-state index in [9.17, 15) is 23.2 Å². The molecule has 0 spiro atoms. The standard InChI is InChI=1S/C22H20F2N4O3/c23-14-2-1-3-16(10-14)26-20(29)7-6-19-21(30)28(22(31)27-19)9-8-13-12-25-18-5-4-15(24)11-17(13)18/h1-5,10-12,19,25H,6-9H2,(H,26,29)(H,27,31)/t19-/m0/s1. The average Bonchev–Trinajstić information content (AvgIpc) is 3.24. The Bertz CT molecular complexity index is 1160. The molecule has 0 saturated carbocycles. The van der Waals surface area contributed by atoms with Crippen molar-refractivity contribution >= 4 is 34.4 Å². The van der Waals surface area contributed by atoms with E-state index in [0.717, 1.165) is 16.0 Å². The molecular formula is C22H20F2N4O3. The fourth-order valence-corrected chi connectivity index (χ4v) is 3.64. The number of fused-ring (bicyclic) bond motifs is 1. The number of anilines is 1. The van der Waals surface area contributed by atoms with Gasteiger partial charge in [0.05, 0.1) is 0 Å². The quantitative estimate of drug-likeness (QED) is 0.506. The Morgan fingerprint density at radius 3 is 2.71 bits per heavy atom. The molecule has 0 radical (unpaired) electrons. The molecule has 7 nitrogen and oxygen atoms in total. The van der Waals surface area contributed by atoms with Crippen LogP contribution >= 0.6 is 0 Å². The van der Waals surface area contributed by atoms with Crippen LogP contribution in [0, 0.1) is 11.6 Å². The molecule has 0 aliphatic carbocycles. The number of carbonyl (C=O) groups excluding carboxylic acids is 3. The second kappa shape index (κ2) is 8.55. The number of urea groups is 1. The molecule has 3 aromatic rings. The molecule has 31 heavy (non-hydrogen) atoms. The first-order valence-electron chi connectivity index (χ1n) is 9.83. The molecule has 1 aliphatic heterocycles. The lowest BCUT2D eigenvalue weighted by molar-refractivity contribution is -0.127. The zero-order chi connectivity index (χ0) is 22.0. The second-order valence-electron chi connectivity index (χ2n) is 7.34. The maximum atomic E-state index is 13.5. The molecular weight excluding hydrogens is 406 g/mol. The van der Waals surface area contributed by atoms with Gasteiger partial charge in [0.2, 0.25) is 5.91 Å². The summed E-state index contributed by atoms with van der Waals surface area (Å²) in [6, 6.07) is 8.57. The molecule has 9 heteroatoms. The predicted molar refractivity (Wildman–Crippen MR) is 110 cm³/mol. The third-order valence-electron chi connectivity index (χ3n) is 5.21. The van der Waals surface area contributed by atoms with Crippen LogP contribution in [0.5, 0.6) is 0 Å². The molecule has 0 unspecified atom stereocenters. The Hall–Kier alpha value is -3.75. The molecule has 2 aromatic carbocycles. The number of aromatic nitrogens is 1. The second-order valence-corrected chi connectivity index (χ2v) is 7.34. The smallest absolute Gasteiger partial charge is 0.324 e. The minimum atomic E-state index is -0.800. The molecule has 1 saturated heterocycles. The number of imide groups is 1. The lowest BCUT2D eigenvalue weighted by atomic mass is 10.1. The van der Waals surface area contributed by atoms with Crippen molar-refractivity contribution in [1.82, 2.24) is 15.2 Å². The SMILES string of the molecule is O=C(CC[C@@H]1NC(=O)N(CCc2c[nH]c3ccc(F)cc23)C1=O)Nc1cccc(F)c1. The van der Waals surface area contributed by atoms with Crippen LogP contribution in [-0.4, -0.2) is 40.3 Å². The summed E-state index contributed by atoms with van der Waals surface area (Å²) >= 11 is 0. The normalized spacial score (nSPS) is 16.1. The average molecular weight is 426 g/mol. The summed E-state index contributed by atoms with van der Waals surface area (Å²) in [4.78, 5) is 41.1. The zero-order valence-electron chi connectivity index (χ0n) is 16.5. The number of hydrogen-bond acceptors (Lipinski definition) is 3. The minimum Gasteiger partial charge on any atom is -0.361 e. The van der Waals surface area contributed by atoms with Crippen LogP contribution in [0.3, 0.4) is 0 Å². The van der Waals surface area contributed by atoms with Crippen molar-refractivity contribution in [1.29, 1.82) is 0 Å². The number of carbonyl (C=O) groups is 3. The first-order chi connectivity index (χ1) is 14.9. The van der Waals surface area contributed by atoms with Gasteiger partial charge in [-0.1, -0.05) is 6.07 Å². The van der Waals surface area contributed by atoms with Gasteiger partial charge in [0, 0.05) is 35.8 Å². The summed E-state index contributed by atoms with van der Waals surface area (Å²) in [5.74, 6) is -1.62. The number of rotatable bonds is 7. The van der Waals surface area contributed by atoms with Gasteiger partial charge in [-0.3, -0.25) is 14.5 Å². The first-order valence-corrected chi connectivity index (χ1v) is 9.83. The van der Waals surface area contributed by atoms with Crippen LogP contribution in [0.25, 0.3) is 10.9 Å². The number of aromatic amines is 1. The fraction of sp³-hybridized carbons (Fsp3) is 0.227. The van der Waals surface area contributed by atoms with Crippen molar-refractivity contribution < 1.29 is 23.2 Å². The number of amides is 4. The Balaban J connectivity index is 1.32. The van der Waals surface area contributed by atoms with Gasteiger partial charge in [0.15, 0.2) is 0 Å². The summed E-state index contributed by atoms with van der Waals surface area (Å²) in [6.45, 7) is 0.139. The van der Waals surface area contributed by atoms with E-state index in [4.69, 9.17) is 0 Å². The van der Waals surface area contributed by atoms with Gasteiger partial charge in [-0.05, 0) is 54.8 Å². The molecule has 160 valence electrons. The molecule has 2 heterocycles. The van der Waals surface area contributed by atoms with Gasteiger partial charge >= 0.3 is 6.03 Å². The summed E-state index contributed by atoms with van der Waals surface area (Å²) in [7, 11) is 0. The maximum Gasteiger partial charge on any atom is 0.324 e. The van der Waals surface area contributed by atoms with Crippen LogP contribution in [0.15, 0.2) is 48.7 Å². The van der Waals surface area contributed by atoms with E-state index in [1.54, 1.807) is 18.3 Å². The highest BCUT2D eigenvalue weighted by Gasteiger charge is 2.37. The number of halogens is 2. The molecule has 1 fully saturated rings. The third-order valence-corrected chi connectivity index (χ3v) is 5.21. The van der Waals surface area contributed by atoms with Crippen molar-refractivity contribution in [2.75, 3.05) is 11.9 Å². The number of hydrogen-bond donors (Lipinski definition) is 3. The maximum absolute atomic E-state index is 13.5. The van der Waals surface area contributed by atoms with E-state index in [1.165, 1.54) is 30.3 Å². The van der Waals surface area contributed by atoms with Crippen molar-refractivity contribution in [2.45, 2.75) is 25.3 Å². The fourth-order valence-electron chi connectivity index (χ4n) is 3.64. The molecule has 4 rings (SSSR count). The highest BCUT2D eigenvalue weighted by Crippen LogP contribution is 2.21. The highest BCUT2D eigenvalue weighted by atomic mass is 19.1. The molecule has 1 aliphatic rings. The van der Waals surface area contributed by atoms with Gasteiger partial charge in [-0.25, -0.2) is 13.6 Å². The summed E-state index contributed by atoms with van der Waals surface area (Å²) in [5.41, 5.74) is 1.90. The predicted octanol–water partition coefficient (Wildman–Crippen LogP) is 3.33. The minimum absolute atomic E-state index is 0.0111. The summed E-state index contributed by atoms with van der Waals surface area (Å²) in [6.07, 6.45) is 2.22. The zero-order valence-corrected chi connectivity index (χ0v) is 16.5. The molecule has 0 bridgehead atoms. The van der Waals surface area contributed by atoms with Gasteiger partial charge < -0.3 is 15.6 Å². The first kappa shape index (κ1) is 20.5. The van der Waals surface area contributed by atoms with Crippen LogP contribution in [0.4, 0.5) is 19.3 Å². The number of benzene rings is 2. The highest BCUT2D eigenvalue weighted by molar-refractivity contribution is 6.04. The van der Waals surface area contributed by atoms with E-state index in [-0.39, 0.29) is 31.1 Å². The van der Waals surface area contributed by atoms with Crippen molar-refractivity contribution in [3.63, 3.8) is 0 Å². The number of nitrogens with one attached hydrogen (secondary N) is 3. The number of nitrogens with zero attached hydrogens (tertiary/aromatic N) is 1. The monoisotopic (exact) mass is 426 g/mol. The van der Waals surface area contributed by atoms with E-state index < -0.39 is 23.8 Å². The van der Waals surface area contributed by atoms with E-state index >= 15 is 0 Å². The topological polar surface area (TPSA) is 94.3 Å². The summed E-state index contributed by atoms with van der Waals surface area (Å²) < 4.78 is 26.7. The Morgan fingerprint density at radius 2 is 1.90 bits per heavy atom. The lowest BCUT2D eigenvalue weighted by Gasteiger charge is -2.13. The van der Waals surface area contributed by atoms with Gasteiger partial charge in [0.1, 0.15) is 17.7 Å². The van der Waals surface area contributed by atoms with Gasteiger partial charge in [-0.2, -0.15) is 0 Å². The van der Waals surface area contributed by atoms with Gasteiger partial charge in [-0.15, -0.1) is 0 Å². The molecule has 3 N–H and O–H groups in total. The lowest BCUT2D eigenvalue weighted by Crippen LogP contribution is -2.33. The largest absolute Gasteiger partial charge is 0.361 e. The van der Waals surface area contributed by atoms with Crippen molar-refractivity contribution in [2.24, 2.45) is 0 Å². The van der Waals surface area contributed by atoms with Crippen molar-refractivity contribution in [3.8, 4) is 0 Å². The van der Waals surface area contributed by atoms with Crippen LogP contribution in [0.1, 0.15) is 18.4 Å².